The summed E-state index contributed by atoms with van der Waals surface area (Å²) < 4.78 is 12.5. The molecule has 0 aliphatic carbocycles. The fraction of sp³-hybridized carbons (Fsp3) is 0.348. The molecule has 3 aromatic rings. The molecule has 0 radical (unpaired) electrons. The van der Waals surface area contributed by atoms with E-state index in [1.807, 2.05) is 53.4 Å². The van der Waals surface area contributed by atoms with Gasteiger partial charge in [-0.2, -0.15) is 0 Å². The van der Waals surface area contributed by atoms with E-state index in [9.17, 15) is 4.79 Å². The van der Waals surface area contributed by atoms with Crippen LogP contribution in [0.5, 0.6) is 11.5 Å². The first-order chi connectivity index (χ1) is 15.2. The maximum Gasteiger partial charge on any atom is 0.276 e. The number of methoxy groups -OCH3 is 2. The predicted octanol–water partition coefficient (Wildman–Crippen LogP) is 2.30. The summed E-state index contributed by atoms with van der Waals surface area (Å²) in [7, 11) is 3.33. The van der Waals surface area contributed by atoms with Crippen LogP contribution in [0.4, 0.5) is 0 Å². The Morgan fingerprint density at radius 3 is 2.45 bits per heavy atom. The van der Waals surface area contributed by atoms with Crippen molar-refractivity contribution in [1.82, 2.24) is 24.8 Å². The molecule has 1 saturated heterocycles. The van der Waals surface area contributed by atoms with E-state index in [4.69, 9.17) is 9.47 Å². The Balaban J connectivity index is 1.33. The number of carbonyl (C=O) groups is 1. The zero-order valence-corrected chi connectivity index (χ0v) is 17.9. The molecule has 162 valence electrons. The van der Waals surface area contributed by atoms with Crippen molar-refractivity contribution in [2.24, 2.45) is 0 Å². The molecule has 0 spiro atoms. The molecule has 2 aromatic carbocycles. The van der Waals surface area contributed by atoms with Crippen LogP contribution in [-0.4, -0.2) is 71.1 Å². The molecule has 8 nitrogen and oxygen atoms in total. The van der Waals surface area contributed by atoms with Crippen LogP contribution in [0, 0.1) is 0 Å². The predicted molar refractivity (Wildman–Crippen MR) is 116 cm³/mol. The van der Waals surface area contributed by atoms with Crippen molar-refractivity contribution in [3.8, 4) is 11.5 Å². The maximum atomic E-state index is 12.9. The highest BCUT2D eigenvalue weighted by atomic mass is 16.5. The Labute approximate surface area is 182 Å². The molecule has 1 aliphatic heterocycles. The monoisotopic (exact) mass is 421 g/mol. The number of benzene rings is 2. The second-order valence-corrected chi connectivity index (χ2v) is 7.53. The highest BCUT2D eigenvalue weighted by molar-refractivity contribution is 5.92. The zero-order valence-electron chi connectivity index (χ0n) is 17.9. The van der Waals surface area contributed by atoms with Gasteiger partial charge in [0.15, 0.2) is 5.69 Å². The van der Waals surface area contributed by atoms with Gasteiger partial charge in [0.25, 0.3) is 5.91 Å². The average Bonchev–Trinajstić information content (AvgIpc) is 3.28. The van der Waals surface area contributed by atoms with E-state index < -0.39 is 0 Å². The number of nitrogens with zero attached hydrogens (tertiary/aromatic N) is 5. The lowest BCUT2D eigenvalue weighted by atomic mass is 10.1. The van der Waals surface area contributed by atoms with Crippen molar-refractivity contribution in [3.63, 3.8) is 0 Å². The summed E-state index contributed by atoms with van der Waals surface area (Å²) in [5, 5.41) is 8.21. The van der Waals surface area contributed by atoms with E-state index in [-0.39, 0.29) is 5.91 Å². The lowest BCUT2D eigenvalue weighted by Gasteiger charge is -2.34. The van der Waals surface area contributed by atoms with E-state index in [0.29, 0.717) is 25.3 Å². The van der Waals surface area contributed by atoms with E-state index in [0.717, 1.165) is 42.3 Å². The van der Waals surface area contributed by atoms with Gasteiger partial charge in [-0.05, 0) is 23.8 Å². The minimum Gasteiger partial charge on any atom is -0.497 e. The Morgan fingerprint density at radius 2 is 1.74 bits per heavy atom. The maximum absolute atomic E-state index is 12.9. The van der Waals surface area contributed by atoms with Gasteiger partial charge in [-0.3, -0.25) is 9.69 Å². The summed E-state index contributed by atoms with van der Waals surface area (Å²) in [6.45, 7) is 4.20. The summed E-state index contributed by atoms with van der Waals surface area (Å²) in [6, 6.07) is 15.8. The minimum atomic E-state index is -0.0714. The molecule has 0 bridgehead atoms. The molecule has 0 unspecified atom stereocenters. The van der Waals surface area contributed by atoms with Crippen LogP contribution in [0.1, 0.15) is 21.6 Å². The summed E-state index contributed by atoms with van der Waals surface area (Å²) in [4.78, 5) is 17.0. The summed E-state index contributed by atoms with van der Waals surface area (Å²) >= 11 is 0. The molecule has 4 rings (SSSR count). The fourth-order valence-corrected chi connectivity index (χ4v) is 3.76. The molecule has 2 heterocycles. The van der Waals surface area contributed by atoms with Crippen molar-refractivity contribution in [3.05, 3.63) is 71.5 Å². The number of rotatable bonds is 7. The van der Waals surface area contributed by atoms with Crippen LogP contribution in [0.25, 0.3) is 0 Å². The van der Waals surface area contributed by atoms with Crippen LogP contribution in [0.2, 0.25) is 0 Å². The number of aromatic nitrogens is 3. The van der Waals surface area contributed by atoms with Crippen molar-refractivity contribution in [2.45, 2.75) is 13.1 Å². The minimum absolute atomic E-state index is 0.0714. The quantitative estimate of drug-likeness (QED) is 0.583. The largest absolute Gasteiger partial charge is 0.497 e. The van der Waals surface area contributed by atoms with E-state index in [1.54, 1.807) is 25.1 Å². The molecule has 0 atom stereocenters. The van der Waals surface area contributed by atoms with Gasteiger partial charge in [-0.25, -0.2) is 4.68 Å². The Morgan fingerprint density at radius 1 is 0.968 bits per heavy atom. The Bertz CT molecular complexity index is 1010. The van der Waals surface area contributed by atoms with Gasteiger partial charge < -0.3 is 14.4 Å². The molecule has 8 heteroatoms. The van der Waals surface area contributed by atoms with Crippen LogP contribution >= 0.6 is 0 Å². The molecular formula is C23H27N5O3. The molecule has 0 N–H and O–H groups in total. The van der Waals surface area contributed by atoms with Crippen molar-refractivity contribution in [2.75, 3.05) is 40.4 Å². The van der Waals surface area contributed by atoms with Crippen molar-refractivity contribution >= 4 is 5.91 Å². The normalized spacial score (nSPS) is 14.5. The van der Waals surface area contributed by atoms with Crippen LogP contribution in [-0.2, 0) is 13.1 Å². The zero-order chi connectivity index (χ0) is 21.6. The van der Waals surface area contributed by atoms with Gasteiger partial charge in [0.1, 0.15) is 11.5 Å². The number of amides is 1. The molecule has 1 aromatic heterocycles. The van der Waals surface area contributed by atoms with Crippen LogP contribution in [0.15, 0.2) is 54.7 Å². The third-order valence-electron chi connectivity index (χ3n) is 5.49. The number of piperazine rings is 1. The highest BCUT2D eigenvalue weighted by Crippen LogP contribution is 2.25. The SMILES string of the molecule is COc1ccc(OC)c(CN2CCN(C(=O)c3cn(Cc4ccccc4)nn3)CC2)c1. The lowest BCUT2D eigenvalue weighted by molar-refractivity contribution is 0.0621. The molecule has 1 amide bonds. The number of hydrogen-bond donors (Lipinski definition) is 0. The van der Waals surface area contributed by atoms with Crippen LogP contribution in [0.3, 0.4) is 0 Å². The second kappa shape index (κ2) is 9.61. The summed E-state index contributed by atoms with van der Waals surface area (Å²) in [6.07, 6.45) is 1.73. The van der Waals surface area contributed by atoms with Gasteiger partial charge in [-0.1, -0.05) is 35.5 Å². The lowest BCUT2D eigenvalue weighted by Crippen LogP contribution is -2.48. The highest BCUT2D eigenvalue weighted by Gasteiger charge is 2.24. The molecule has 0 saturated carbocycles. The van der Waals surface area contributed by atoms with Crippen molar-refractivity contribution in [1.29, 1.82) is 0 Å². The summed E-state index contributed by atoms with van der Waals surface area (Å²) in [5.41, 5.74) is 2.58. The molecule has 1 fully saturated rings. The van der Waals surface area contributed by atoms with Gasteiger partial charge in [0.2, 0.25) is 0 Å². The topological polar surface area (TPSA) is 72.7 Å². The standard InChI is InChI=1S/C23H27N5O3/c1-30-20-8-9-22(31-2)19(14-20)16-26-10-12-27(13-11-26)23(29)21-17-28(25-24-21)15-18-6-4-3-5-7-18/h3-9,14,17H,10-13,15-16H2,1-2H3. The van der Waals surface area contributed by atoms with E-state index in [1.165, 1.54) is 0 Å². The third kappa shape index (κ3) is 5.03. The van der Waals surface area contributed by atoms with E-state index in [2.05, 4.69) is 15.2 Å². The van der Waals surface area contributed by atoms with Gasteiger partial charge in [0, 0.05) is 38.3 Å². The van der Waals surface area contributed by atoms with Crippen molar-refractivity contribution < 1.29 is 14.3 Å². The number of ether oxygens (including phenoxy) is 2. The fourth-order valence-electron chi connectivity index (χ4n) is 3.76. The number of hydrogen-bond acceptors (Lipinski definition) is 6. The van der Waals surface area contributed by atoms with E-state index >= 15 is 0 Å². The van der Waals surface area contributed by atoms with Gasteiger partial charge in [-0.15, -0.1) is 5.10 Å². The first kappa shape index (κ1) is 20.9. The first-order valence-electron chi connectivity index (χ1n) is 10.3. The molecule has 31 heavy (non-hydrogen) atoms. The molecular weight excluding hydrogens is 394 g/mol. The van der Waals surface area contributed by atoms with Crippen LogP contribution < -0.4 is 9.47 Å². The van der Waals surface area contributed by atoms with Gasteiger partial charge >= 0.3 is 0 Å². The average molecular weight is 422 g/mol. The summed E-state index contributed by atoms with van der Waals surface area (Å²) in [5.74, 6) is 1.58. The Kier molecular flexibility index (Phi) is 6.47. The Hall–Kier alpha value is -3.39. The smallest absolute Gasteiger partial charge is 0.276 e. The first-order valence-corrected chi connectivity index (χ1v) is 10.3. The third-order valence-corrected chi connectivity index (χ3v) is 5.49. The molecule has 1 aliphatic rings. The second-order valence-electron chi connectivity index (χ2n) is 7.53. The van der Waals surface area contributed by atoms with Gasteiger partial charge in [0.05, 0.1) is 27.0 Å². The number of carbonyl (C=O) groups excluding carboxylic acids is 1.